The molecule has 1 aliphatic rings. The first-order valence-electron chi connectivity index (χ1n) is 9.21. The molecule has 0 spiro atoms. The van der Waals surface area contributed by atoms with E-state index in [-0.39, 0.29) is 29.3 Å². The molecule has 2 aromatic rings. The Morgan fingerprint density at radius 1 is 1.41 bits per heavy atom. The fourth-order valence-corrected chi connectivity index (χ4v) is 3.41. The van der Waals surface area contributed by atoms with E-state index in [0.29, 0.717) is 12.1 Å². The minimum atomic E-state index is -1.17. The molecule has 10 nitrogen and oxygen atoms in total. The van der Waals surface area contributed by atoms with Crippen LogP contribution in [0.25, 0.3) is 5.52 Å². The van der Waals surface area contributed by atoms with Crippen molar-refractivity contribution in [3.05, 3.63) is 29.6 Å². The van der Waals surface area contributed by atoms with Gasteiger partial charge in [-0.1, -0.05) is 6.92 Å². The van der Waals surface area contributed by atoms with Crippen LogP contribution in [0, 0.1) is 5.92 Å². The third kappa shape index (κ3) is 3.75. The molecule has 1 aliphatic heterocycles. The van der Waals surface area contributed by atoms with Crippen molar-refractivity contribution in [1.29, 1.82) is 0 Å². The van der Waals surface area contributed by atoms with E-state index in [9.17, 15) is 19.5 Å². The zero-order valence-corrected chi connectivity index (χ0v) is 16.8. The number of carboxylic acids is 1. The maximum Gasteiger partial charge on any atom is 0.337 e. The molecule has 1 fully saturated rings. The lowest BCUT2D eigenvalue weighted by molar-refractivity contribution is -0.161. The number of primary amides is 1. The van der Waals surface area contributed by atoms with Crippen LogP contribution in [0.1, 0.15) is 48.4 Å². The van der Waals surface area contributed by atoms with Crippen LogP contribution in [0.2, 0.25) is 0 Å². The lowest BCUT2D eigenvalue weighted by Gasteiger charge is -2.35. The first kappa shape index (κ1) is 20.6. The van der Waals surface area contributed by atoms with Gasteiger partial charge in [-0.25, -0.2) is 14.1 Å². The Morgan fingerprint density at radius 2 is 2.10 bits per heavy atom. The minimum absolute atomic E-state index is 0.00826. The quantitative estimate of drug-likeness (QED) is 0.537. The third-order valence-corrected chi connectivity index (χ3v) is 4.96. The maximum absolute atomic E-state index is 13.2. The van der Waals surface area contributed by atoms with E-state index in [1.165, 1.54) is 23.0 Å². The lowest BCUT2D eigenvalue weighted by atomic mass is 9.87. The van der Waals surface area contributed by atoms with Crippen molar-refractivity contribution in [2.24, 2.45) is 11.7 Å². The van der Waals surface area contributed by atoms with Gasteiger partial charge in [0.05, 0.1) is 28.5 Å². The van der Waals surface area contributed by atoms with E-state index < -0.39 is 29.0 Å². The predicted octanol–water partition coefficient (Wildman–Crippen LogP) is 0.863. The van der Waals surface area contributed by atoms with Crippen molar-refractivity contribution in [2.75, 3.05) is 18.4 Å². The topological polar surface area (TPSA) is 148 Å². The van der Waals surface area contributed by atoms with Crippen molar-refractivity contribution in [2.45, 2.75) is 38.8 Å². The Labute approximate surface area is 167 Å². The molecule has 1 amide bonds. The summed E-state index contributed by atoms with van der Waals surface area (Å²) < 4.78 is 6.98. The highest BCUT2D eigenvalue weighted by Gasteiger charge is 2.50. The molecule has 0 bridgehead atoms. The smallest absolute Gasteiger partial charge is 0.337 e. The number of nitrogens with zero attached hydrogens (tertiary/aromatic N) is 2. The highest BCUT2D eigenvalue weighted by Crippen LogP contribution is 2.33. The summed E-state index contributed by atoms with van der Waals surface area (Å²) in [6, 6.07) is 1.37. The molecule has 156 valence electrons. The molecular weight excluding hydrogens is 378 g/mol. The number of rotatable bonds is 5. The molecule has 29 heavy (non-hydrogen) atoms. The number of ether oxygens (including phenoxy) is 1. The van der Waals surface area contributed by atoms with Crippen molar-refractivity contribution >= 4 is 29.0 Å². The second-order valence-electron chi connectivity index (χ2n) is 8.29. The number of anilines is 1. The van der Waals surface area contributed by atoms with Gasteiger partial charge in [-0.2, -0.15) is 5.10 Å². The monoisotopic (exact) mass is 403 g/mol. The van der Waals surface area contributed by atoms with Gasteiger partial charge < -0.3 is 26.2 Å². The predicted molar refractivity (Wildman–Crippen MR) is 105 cm³/mol. The van der Waals surface area contributed by atoms with E-state index >= 15 is 0 Å². The number of carbonyl (C=O) groups excluding carboxylic acids is 2. The number of esters is 1. The zero-order valence-electron chi connectivity index (χ0n) is 16.8. The Kier molecular flexibility index (Phi) is 4.99. The highest BCUT2D eigenvalue weighted by atomic mass is 16.6. The van der Waals surface area contributed by atoms with E-state index in [2.05, 4.69) is 15.7 Å². The summed E-state index contributed by atoms with van der Waals surface area (Å²) in [5.41, 5.74) is 4.24. The number of fused-ring (bicyclic) bond motifs is 1. The summed E-state index contributed by atoms with van der Waals surface area (Å²) in [5, 5.41) is 19.7. The van der Waals surface area contributed by atoms with Gasteiger partial charge in [0.15, 0.2) is 5.54 Å². The van der Waals surface area contributed by atoms with Gasteiger partial charge in [0, 0.05) is 25.2 Å². The SMILES string of the molecule is C[C@H]1CNC[C@]1(Nc1c(C(N)=O)cnn2cc(C(=O)O)cc12)C(=O)OC(C)(C)C. The van der Waals surface area contributed by atoms with Gasteiger partial charge in [-0.15, -0.1) is 0 Å². The van der Waals surface area contributed by atoms with Gasteiger partial charge in [0.1, 0.15) is 5.60 Å². The number of carboxylic acid groups (broad SMARTS) is 1. The van der Waals surface area contributed by atoms with E-state index in [4.69, 9.17) is 10.5 Å². The Bertz CT molecular complexity index is 993. The number of aromatic carboxylic acids is 1. The van der Waals surface area contributed by atoms with Crippen LogP contribution < -0.4 is 16.4 Å². The van der Waals surface area contributed by atoms with E-state index in [0.717, 1.165) is 0 Å². The van der Waals surface area contributed by atoms with Crippen LogP contribution in [0.4, 0.5) is 5.69 Å². The molecule has 0 aromatic carbocycles. The first-order valence-corrected chi connectivity index (χ1v) is 9.21. The van der Waals surface area contributed by atoms with Crippen molar-refractivity contribution in [1.82, 2.24) is 14.9 Å². The van der Waals surface area contributed by atoms with Crippen molar-refractivity contribution in [3.63, 3.8) is 0 Å². The highest BCUT2D eigenvalue weighted by molar-refractivity contribution is 6.04. The molecule has 1 saturated heterocycles. The van der Waals surface area contributed by atoms with Crippen LogP contribution in [0.5, 0.6) is 0 Å². The fourth-order valence-electron chi connectivity index (χ4n) is 3.41. The van der Waals surface area contributed by atoms with Crippen molar-refractivity contribution < 1.29 is 24.2 Å². The molecular formula is C19H25N5O5. The molecule has 10 heteroatoms. The van der Waals surface area contributed by atoms with Crippen LogP contribution in [-0.4, -0.2) is 56.8 Å². The lowest BCUT2D eigenvalue weighted by Crippen LogP contribution is -2.55. The average molecular weight is 403 g/mol. The van der Waals surface area contributed by atoms with Crippen LogP contribution in [-0.2, 0) is 9.53 Å². The van der Waals surface area contributed by atoms with Gasteiger partial charge >= 0.3 is 11.9 Å². The van der Waals surface area contributed by atoms with Crippen LogP contribution in [0.3, 0.4) is 0 Å². The molecule has 0 radical (unpaired) electrons. The normalized spacial score (nSPS) is 21.9. The first-order chi connectivity index (χ1) is 13.4. The molecule has 3 heterocycles. The summed E-state index contributed by atoms with van der Waals surface area (Å²) in [7, 11) is 0. The standard InChI is InChI=1S/C19H25N5O5/c1-10-6-21-9-19(10,17(28)29-18(2,3)4)23-14-12(15(20)25)7-22-24-8-11(16(26)27)5-13(14)24/h5,7-8,10,21,23H,6,9H2,1-4H3,(H2,20,25)(H,26,27)/t10-,19+/m0/s1. The number of hydrogen-bond acceptors (Lipinski definition) is 7. The Morgan fingerprint density at radius 3 is 2.62 bits per heavy atom. The average Bonchev–Trinajstić information content (AvgIpc) is 3.18. The second-order valence-corrected chi connectivity index (χ2v) is 8.29. The zero-order chi connectivity index (χ0) is 21.6. The van der Waals surface area contributed by atoms with Gasteiger partial charge in [0.2, 0.25) is 0 Å². The molecule has 0 aliphatic carbocycles. The maximum atomic E-state index is 13.2. The molecule has 2 atom stereocenters. The van der Waals surface area contributed by atoms with E-state index in [1.807, 2.05) is 6.92 Å². The second kappa shape index (κ2) is 7.03. The Balaban J connectivity index is 2.16. The summed E-state index contributed by atoms with van der Waals surface area (Å²) in [6.07, 6.45) is 2.57. The third-order valence-electron chi connectivity index (χ3n) is 4.96. The number of nitrogens with two attached hydrogens (primary N) is 1. The fraction of sp³-hybridized carbons (Fsp3) is 0.474. The van der Waals surface area contributed by atoms with Crippen molar-refractivity contribution in [3.8, 4) is 0 Å². The summed E-state index contributed by atoms with van der Waals surface area (Å²) in [6.45, 7) is 8.04. The van der Waals surface area contributed by atoms with E-state index in [1.54, 1.807) is 20.8 Å². The van der Waals surface area contributed by atoms with Crippen LogP contribution >= 0.6 is 0 Å². The molecule has 2 aromatic heterocycles. The minimum Gasteiger partial charge on any atom is -0.478 e. The number of aromatic nitrogens is 2. The van der Waals surface area contributed by atoms with Crippen LogP contribution in [0.15, 0.2) is 18.5 Å². The van der Waals surface area contributed by atoms with Gasteiger partial charge in [-0.3, -0.25) is 4.79 Å². The summed E-state index contributed by atoms with van der Waals surface area (Å²) >= 11 is 0. The molecule has 5 N–H and O–H groups in total. The molecule has 0 unspecified atom stereocenters. The molecule has 0 saturated carbocycles. The number of carbonyl (C=O) groups is 3. The number of amides is 1. The number of nitrogens with one attached hydrogen (secondary N) is 2. The summed E-state index contributed by atoms with van der Waals surface area (Å²) in [4.78, 5) is 36.6. The Hall–Kier alpha value is -3.14. The largest absolute Gasteiger partial charge is 0.478 e. The molecule has 3 rings (SSSR count). The number of hydrogen-bond donors (Lipinski definition) is 4. The summed E-state index contributed by atoms with van der Waals surface area (Å²) in [5.74, 6) is -2.54. The van der Waals surface area contributed by atoms with Gasteiger partial charge in [-0.05, 0) is 26.8 Å². The van der Waals surface area contributed by atoms with Gasteiger partial charge in [0.25, 0.3) is 5.91 Å².